The highest BCUT2D eigenvalue weighted by Crippen LogP contribution is 2.66. The molecular formula is C37H57NO6Si. The van der Waals surface area contributed by atoms with E-state index in [0.29, 0.717) is 50.8 Å². The first kappa shape index (κ1) is 34.3. The Balaban J connectivity index is 1.00. The van der Waals surface area contributed by atoms with Gasteiger partial charge in [-0.2, -0.15) is 0 Å². The fourth-order valence-electron chi connectivity index (χ4n) is 8.51. The molecule has 0 aliphatic heterocycles. The predicted octanol–water partition coefficient (Wildman–Crippen LogP) is 8.61. The molecule has 0 bridgehead atoms. The van der Waals surface area contributed by atoms with Gasteiger partial charge in [0, 0.05) is 18.8 Å². The molecule has 4 aliphatic rings. The number of ether oxygens (including phenoxy) is 4. The smallest absolute Gasteiger partial charge is 0.432 e. The van der Waals surface area contributed by atoms with Crippen molar-refractivity contribution < 1.29 is 28.2 Å². The number of carbonyl (C=O) groups is 1. The molecule has 7 nitrogen and oxygen atoms in total. The minimum Gasteiger partial charge on any atom is -0.432 e. The van der Waals surface area contributed by atoms with Gasteiger partial charge in [0.25, 0.3) is 0 Å². The van der Waals surface area contributed by atoms with E-state index in [1.165, 1.54) is 36.0 Å². The number of allylic oxidation sites excluding steroid dienone is 3. The first-order chi connectivity index (χ1) is 21.3. The van der Waals surface area contributed by atoms with Crippen LogP contribution >= 0.6 is 0 Å². The molecule has 2 fully saturated rings. The molecule has 0 amide bonds. The van der Waals surface area contributed by atoms with Crippen molar-refractivity contribution in [2.45, 2.75) is 104 Å². The second kappa shape index (κ2) is 14.0. The fraction of sp³-hybridized carbons (Fsp3) is 0.730. The third-order valence-electron chi connectivity index (χ3n) is 12.2. The van der Waals surface area contributed by atoms with Gasteiger partial charge in [-0.1, -0.05) is 58.4 Å². The van der Waals surface area contributed by atoms with Gasteiger partial charge in [-0.05, 0) is 102 Å². The molecule has 45 heavy (non-hydrogen) atoms. The van der Waals surface area contributed by atoms with Crippen LogP contribution in [-0.2, 0) is 23.4 Å². The molecule has 0 unspecified atom stereocenters. The molecule has 4 aliphatic carbocycles. The van der Waals surface area contributed by atoms with Crippen LogP contribution in [0.25, 0.3) is 5.57 Å². The summed E-state index contributed by atoms with van der Waals surface area (Å²) in [5.41, 5.74) is 4.72. The maximum Gasteiger partial charge on any atom is 0.508 e. The molecule has 8 heteroatoms. The van der Waals surface area contributed by atoms with Gasteiger partial charge < -0.3 is 23.4 Å². The standard InChI is InChI=1S/C37H57NO6Si/c1-35(2,3)45(6,7)43-24-22-41-20-19-40-21-23-42-34(39)44-29-14-16-36(4)28(25-29)10-11-30-32-13-12-31(27-9-8-18-38-26-27)37(32,5)17-15-33(30)36/h8-10,12,18,26,29-30,32-33H,11,13-17,19-25H2,1-7H3/t29-,30-,32-,33-,36-,37+/m0/s1. The van der Waals surface area contributed by atoms with Gasteiger partial charge in [0.1, 0.15) is 12.7 Å². The molecular weight excluding hydrogens is 582 g/mol. The van der Waals surface area contributed by atoms with Crippen molar-refractivity contribution >= 4 is 20.0 Å². The number of carbonyl (C=O) groups excluding carboxylic acids is 1. The van der Waals surface area contributed by atoms with Gasteiger partial charge in [0.15, 0.2) is 8.32 Å². The Morgan fingerprint density at radius 1 is 0.933 bits per heavy atom. The quantitative estimate of drug-likeness (QED) is 0.0981. The normalized spacial score (nSPS) is 31.3. The van der Waals surface area contributed by atoms with Crippen molar-refractivity contribution in [3.05, 3.63) is 47.8 Å². The van der Waals surface area contributed by atoms with E-state index in [-0.39, 0.29) is 28.6 Å². The van der Waals surface area contributed by atoms with Crippen LogP contribution in [0.15, 0.2) is 42.3 Å². The SMILES string of the molecule is CC(C)(C)[Si](C)(C)OCCOCCOCCOC(=O)O[C@H]1CC[C@@]2(C)C(=CC[C@@H]3[C@@H]2CC[C@]2(C)C(c4cccnc4)=CC[C@@H]32)C1. The van der Waals surface area contributed by atoms with Crippen LogP contribution in [0.3, 0.4) is 0 Å². The number of rotatable bonds is 12. The molecule has 1 aromatic heterocycles. The van der Waals surface area contributed by atoms with Crippen LogP contribution in [0.2, 0.25) is 18.1 Å². The molecule has 1 heterocycles. The molecule has 0 radical (unpaired) electrons. The molecule has 2 saturated carbocycles. The monoisotopic (exact) mass is 639 g/mol. The predicted molar refractivity (Wildman–Crippen MR) is 180 cm³/mol. The number of aromatic nitrogens is 1. The summed E-state index contributed by atoms with van der Waals surface area (Å²) in [6.45, 7) is 18.8. The molecule has 6 atom stereocenters. The lowest BCUT2D eigenvalue weighted by molar-refractivity contribution is -0.0401. The third-order valence-corrected chi connectivity index (χ3v) is 16.7. The van der Waals surface area contributed by atoms with E-state index in [1.54, 1.807) is 0 Å². The molecule has 0 saturated heterocycles. The number of hydrogen-bond donors (Lipinski definition) is 0. The lowest BCUT2D eigenvalue weighted by Crippen LogP contribution is -2.50. The summed E-state index contributed by atoms with van der Waals surface area (Å²) in [6, 6.07) is 4.28. The average Bonchev–Trinajstić information content (AvgIpc) is 3.35. The Bertz CT molecular complexity index is 1230. The first-order valence-corrected chi connectivity index (χ1v) is 20.2. The van der Waals surface area contributed by atoms with E-state index >= 15 is 0 Å². The highest BCUT2D eigenvalue weighted by atomic mass is 28.4. The number of fused-ring (bicyclic) bond motifs is 5. The van der Waals surface area contributed by atoms with E-state index in [2.05, 4.69) is 77.0 Å². The van der Waals surface area contributed by atoms with Crippen LogP contribution in [0.4, 0.5) is 4.79 Å². The highest BCUT2D eigenvalue weighted by molar-refractivity contribution is 6.74. The summed E-state index contributed by atoms with van der Waals surface area (Å²) < 4.78 is 28.4. The van der Waals surface area contributed by atoms with Crippen molar-refractivity contribution in [3.8, 4) is 0 Å². The Kier molecular flexibility index (Phi) is 10.7. The maximum absolute atomic E-state index is 12.5. The average molecular weight is 640 g/mol. The molecule has 0 aromatic carbocycles. The lowest BCUT2D eigenvalue weighted by Gasteiger charge is -2.57. The summed E-state index contributed by atoms with van der Waals surface area (Å²) in [5.74, 6) is 2.07. The third kappa shape index (κ3) is 7.44. The molecule has 1 aromatic rings. The van der Waals surface area contributed by atoms with E-state index in [4.69, 9.17) is 23.4 Å². The second-order valence-electron chi connectivity index (χ2n) is 15.7. The Hall–Kier alpha value is -2.00. The number of nitrogens with zero attached hydrogens (tertiary/aromatic N) is 1. The summed E-state index contributed by atoms with van der Waals surface area (Å²) >= 11 is 0. The largest absolute Gasteiger partial charge is 0.508 e. The number of pyridine rings is 1. The highest BCUT2D eigenvalue weighted by Gasteiger charge is 2.57. The van der Waals surface area contributed by atoms with Crippen LogP contribution in [0.1, 0.15) is 85.1 Å². The van der Waals surface area contributed by atoms with E-state index < -0.39 is 14.5 Å². The Morgan fingerprint density at radius 3 is 2.36 bits per heavy atom. The van der Waals surface area contributed by atoms with Crippen molar-refractivity contribution in [1.29, 1.82) is 0 Å². The van der Waals surface area contributed by atoms with E-state index in [9.17, 15) is 4.79 Å². The zero-order valence-electron chi connectivity index (χ0n) is 28.9. The van der Waals surface area contributed by atoms with Crippen molar-refractivity contribution in [3.63, 3.8) is 0 Å². The molecule has 0 spiro atoms. The summed E-state index contributed by atoms with van der Waals surface area (Å²) in [6.07, 6.45) is 15.8. The summed E-state index contributed by atoms with van der Waals surface area (Å²) in [4.78, 5) is 16.9. The van der Waals surface area contributed by atoms with Crippen molar-refractivity contribution in [2.24, 2.45) is 28.6 Å². The lowest BCUT2D eigenvalue weighted by atomic mass is 9.47. The first-order valence-electron chi connectivity index (χ1n) is 17.3. The van der Waals surface area contributed by atoms with Crippen molar-refractivity contribution in [1.82, 2.24) is 4.98 Å². The Morgan fingerprint density at radius 2 is 1.64 bits per heavy atom. The van der Waals surface area contributed by atoms with Gasteiger partial charge in [0.05, 0.1) is 33.0 Å². The van der Waals surface area contributed by atoms with Gasteiger partial charge in [-0.15, -0.1) is 0 Å². The topological polar surface area (TPSA) is 76.1 Å². The second-order valence-corrected chi connectivity index (χ2v) is 20.5. The zero-order valence-corrected chi connectivity index (χ0v) is 29.9. The Labute approximate surface area is 272 Å². The van der Waals surface area contributed by atoms with Gasteiger partial charge in [0.2, 0.25) is 0 Å². The molecule has 250 valence electrons. The fourth-order valence-corrected chi connectivity index (χ4v) is 9.54. The van der Waals surface area contributed by atoms with Gasteiger partial charge >= 0.3 is 6.16 Å². The van der Waals surface area contributed by atoms with Gasteiger partial charge in [-0.3, -0.25) is 4.98 Å². The maximum atomic E-state index is 12.5. The van der Waals surface area contributed by atoms with E-state index in [0.717, 1.165) is 25.7 Å². The van der Waals surface area contributed by atoms with Crippen LogP contribution in [-0.4, -0.2) is 65.2 Å². The summed E-state index contributed by atoms with van der Waals surface area (Å²) in [5, 5.41) is 0.198. The van der Waals surface area contributed by atoms with Crippen molar-refractivity contribution in [2.75, 3.05) is 39.6 Å². The van der Waals surface area contributed by atoms with Crippen LogP contribution in [0.5, 0.6) is 0 Å². The molecule has 0 N–H and O–H groups in total. The van der Waals surface area contributed by atoms with E-state index in [1.807, 2.05) is 12.4 Å². The van der Waals surface area contributed by atoms with Crippen LogP contribution < -0.4 is 0 Å². The summed E-state index contributed by atoms with van der Waals surface area (Å²) in [7, 11) is -1.73. The zero-order chi connectivity index (χ0) is 32.3. The minimum atomic E-state index is -1.73. The number of hydrogen-bond acceptors (Lipinski definition) is 7. The minimum absolute atomic E-state index is 0.115. The van der Waals surface area contributed by atoms with Gasteiger partial charge in [-0.25, -0.2) is 4.79 Å². The van der Waals surface area contributed by atoms with Crippen LogP contribution in [0, 0.1) is 28.6 Å². The molecule has 5 rings (SSSR count).